The zero-order chi connectivity index (χ0) is 22.4. The number of amides is 1. The summed E-state index contributed by atoms with van der Waals surface area (Å²) in [4.78, 5) is 28.0. The van der Waals surface area contributed by atoms with Crippen LogP contribution in [0.1, 0.15) is 28.9 Å². The Labute approximate surface area is 186 Å². The molecule has 2 aromatic carbocycles. The predicted octanol–water partition coefficient (Wildman–Crippen LogP) is 3.83. The molecule has 1 aliphatic heterocycles. The molecule has 3 rings (SSSR count). The van der Waals surface area contributed by atoms with Crippen LogP contribution in [0.5, 0.6) is 0 Å². The average Bonchev–Trinajstić information content (AvgIpc) is 2.79. The summed E-state index contributed by atoms with van der Waals surface area (Å²) < 4.78 is 4.96. The van der Waals surface area contributed by atoms with E-state index in [1.54, 1.807) is 24.1 Å². The van der Waals surface area contributed by atoms with Crippen LogP contribution in [0, 0.1) is 10.1 Å². The van der Waals surface area contributed by atoms with Crippen molar-refractivity contribution in [2.24, 2.45) is 0 Å². The molecule has 31 heavy (non-hydrogen) atoms. The molecule has 9 heteroatoms. The van der Waals surface area contributed by atoms with Gasteiger partial charge in [0.1, 0.15) is 5.69 Å². The first-order chi connectivity index (χ1) is 14.9. The molecule has 1 fully saturated rings. The first kappa shape index (κ1) is 23.0. The fraction of sp³-hybridized carbons (Fsp3) is 0.409. The van der Waals surface area contributed by atoms with Crippen molar-refractivity contribution < 1.29 is 14.5 Å². The van der Waals surface area contributed by atoms with Gasteiger partial charge in [0.25, 0.3) is 11.6 Å². The molecule has 2 aromatic rings. The van der Waals surface area contributed by atoms with E-state index in [9.17, 15) is 14.9 Å². The topological polar surface area (TPSA) is 88.0 Å². The Balaban J connectivity index is 1.65. The van der Waals surface area contributed by atoms with Crippen molar-refractivity contribution in [2.45, 2.75) is 13.0 Å². The van der Waals surface area contributed by atoms with Crippen LogP contribution in [-0.2, 0) is 4.74 Å². The molecule has 1 unspecified atom stereocenters. The van der Waals surface area contributed by atoms with Crippen LogP contribution in [0.25, 0.3) is 0 Å². The number of rotatable bonds is 8. The summed E-state index contributed by atoms with van der Waals surface area (Å²) in [6.45, 7) is 5.49. The van der Waals surface area contributed by atoms with Gasteiger partial charge in [-0.25, -0.2) is 0 Å². The van der Waals surface area contributed by atoms with Gasteiger partial charge in [0.2, 0.25) is 0 Å². The predicted molar refractivity (Wildman–Crippen MR) is 121 cm³/mol. The maximum atomic E-state index is 13.0. The Bertz CT molecular complexity index is 931. The van der Waals surface area contributed by atoms with E-state index < -0.39 is 4.92 Å². The van der Waals surface area contributed by atoms with Crippen molar-refractivity contribution in [3.05, 3.63) is 68.7 Å². The first-order valence-electron chi connectivity index (χ1n) is 10.2. The third kappa shape index (κ3) is 5.52. The molecule has 166 valence electrons. The summed E-state index contributed by atoms with van der Waals surface area (Å²) in [5, 5.41) is 15.2. The van der Waals surface area contributed by atoms with Gasteiger partial charge in [-0.1, -0.05) is 29.8 Å². The number of nitro groups is 1. The second-order valence-electron chi connectivity index (χ2n) is 7.43. The summed E-state index contributed by atoms with van der Waals surface area (Å²) in [5.74, 6) is -0.198. The van der Waals surface area contributed by atoms with E-state index in [-0.39, 0.29) is 17.6 Å². The summed E-state index contributed by atoms with van der Waals surface area (Å²) in [7, 11) is 1.56. The fourth-order valence-electron chi connectivity index (χ4n) is 3.76. The van der Waals surface area contributed by atoms with E-state index >= 15 is 0 Å². The summed E-state index contributed by atoms with van der Waals surface area (Å²) in [6, 6.07) is 12.5. The van der Waals surface area contributed by atoms with Gasteiger partial charge in [0.05, 0.1) is 11.5 Å². The van der Waals surface area contributed by atoms with Crippen LogP contribution in [0.2, 0.25) is 5.02 Å². The van der Waals surface area contributed by atoms with Crippen molar-refractivity contribution >= 4 is 28.9 Å². The number of halogens is 1. The number of nitro benzene ring substituents is 1. The number of nitrogens with one attached hydrogen (secondary N) is 1. The molecule has 8 nitrogen and oxygen atoms in total. The second-order valence-corrected chi connectivity index (χ2v) is 7.84. The minimum absolute atomic E-state index is 0.118. The lowest BCUT2D eigenvalue weighted by molar-refractivity contribution is -0.384. The van der Waals surface area contributed by atoms with Gasteiger partial charge in [-0.15, -0.1) is 0 Å². The molecule has 1 atom stereocenters. The van der Waals surface area contributed by atoms with E-state index in [0.717, 1.165) is 10.6 Å². The van der Waals surface area contributed by atoms with Crippen LogP contribution >= 0.6 is 11.6 Å². The lowest BCUT2D eigenvalue weighted by Gasteiger charge is -2.38. The van der Waals surface area contributed by atoms with Gasteiger partial charge >= 0.3 is 0 Å². The third-order valence-corrected chi connectivity index (χ3v) is 5.91. The van der Waals surface area contributed by atoms with Crippen LogP contribution in [0.3, 0.4) is 0 Å². The molecule has 0 radical (unpaired) electrons. The normalized spacial score (nSPS) is 15.5. The summed E-state index contributed by atoms with van der Waals surface area (Å²) >= 11 is 6.33. The van der Waals surface area contributed by atoms with Gasteiger partial charge in [0.15, 0.2) is 0 Å². The molecule has 1 heterocycles. The monoisotopic (exact) mass is 446 g/mol. The average molecular weight is 447 g/mol. The Morgan fingerprint density at radius 2 is 1.94 bits per heavy atom. The highest BCUT2D eigenvalue weighted by Gasteiger charge is 2.27. The van der Waals surface area contributed by atoms with Crippen molar-refractivity contribution in [3.63, 3.8) is 0 Å². The number of piperazine rings is 1. The highest BCUT2D eigenvalue weighted by Crippen LogP contribution is 2.29. The number of ether oxygens (including phenoxy) is 1. The number of benzene rings is 2. The number of hydrogen-bond donors (Lipinski definition) is 1. The standard InChI is InChI=1S/C22H27ClN4O4/c1-16(18-5-3-4-6-19(18)23)25-10-12-26(13-11-25)22(28)17-7-8-20(24-9-14-31-2)21(15-17)27(29)30/h3-8,15-16,24H,9-14H2,1-2H3. The smallest absolute Gasteiger partial charge is 0.293 e. The highest BCUT2D eigenvalue weighted by atomic mass is 35.5. The maximum absolute atomic E-state index is 13.0. The van der Waals surface area contributed by atoms with Gasteiger partial charge in [-0.2, -0.15) is 0 Å². The van der Waals surface area contributed by atoms with Crippen molar-refractivity contribution in [1.82, 2.24) is 9.80 Å². The lowest BCUT2D eigenvalue weighted by atomic mass is 10.1. The lowest BCUT2D eigenvalue weighted by Crippen LogP contribution is -2.49. The minimum atomic E-state index is -0.477. The van der Waals surface area contributed by atoms with Gasteiger partial charge in [-0.3, -0.25) is 19.8 Å². The Morgan fingerprint density at radius 1 is 1.23 bits per heavy atom. The van der Waals surface area contributed by atoms with Gasteiger partial charge in [0, 0.05) is 62.5 Å². The Morgan fingerprint density at radius 3 is 2.58 bits per heavy atom. The molecular formula is C22H27ClN4O4. The maximum Gasteiger partial charge on any atom is 0.293 e. The van der Waals surface area contributed by atoms with E-state index in [2.05, 4.69) is 17.1 Å². The first-order valence-corrected chi connectivity index (χ1v) is 10.6. The van der Waals surface area contributed by atoms with Crippen LogP contribution < -0.4 is 5.32 Å². The highest BCUT2D eigenvalue weighted by molar-refractivity contribution is 6.31. The minimum Gasteiger partial charge on any atom is -0.383 e. The number of hydrogen-bond acceptors (Lipinski definition) is 6. The molecule has 0 bridgehead atoms. The Hall–Kier alpha value is -2.68. The summed E-state index contributed by atoms with van der Waals surface area (Å²) in [5.41, 5.74) is 1.64. The number of carbonyl (C=O) groups is 1. The Kier molecular flexibility index (Phi) is 7.84. The quantitative estimate of drug-likeness (QED) is 0.376. The van der Waals surface area contributed by atoms with E-state index in [4.69, 9.17) is 16.3 Å². The van der Waals surface area contributed by atoms with E-state index in [1.165, 1.54) is 6.07 Å². The third-order valence-electron chi connectivity index (χ3n) is 5.57. The van der Waals surface area contributed by atoms with Crippen LogP contribution in [-0.4, -0.2) is 67.1 Å². The van der Waals surface area contributed by atoms with Gasteiger partial charge < -0.3 is 15.0 Å². The van der Waals surface area contributed by atoms with Crippen molar-refractivity contribution in [2.75, 3.05) is 51.8 Å². The van der Waals surface area contributed by atoms with Crippen molar-refractivity contribution in [1.29, 1.82) is 0 Å². The molecule has 1 amide bonds. The number of anilines is 1. The van der Waals surface area contributed by atoms with E-state index in [1.807, 2.05) is 24.3 Å². The molecule has 0 aliphatic carbocycles. The number of carbonyl (C=O) groups excluding carboxylic acids is 1. The number of nitrogens with zero attached hydrogens (tertiary/aromatic N) is 3. The molecule has 1 aliphatic rings. The van der Waals surface area contributed by atoms with Crippen LogP contribution in [0.15, 0.2) is 42.5 Å². The molecular weight excluding hydrogens is 420 g/mol. The largest absolute Gasteiger partial charge is 0.383 e. The zero-order valence-corrected chi connectivity index (χ0v) is 18.5. The molecule has 0 saturated carbocycles. The molecule has 0 aromatic heterocycles. The van der Waals surface area contributed by atoms with Gasteiger partial charge in [-0.05, 0) is 30.7 Å². The fourth-order valence-corrected chi connectivity index (χ4v) is 4.05. The van der Waals surface area contributed by atoms with Crippen molar-refractivity contribution in [3.8, 4) is 0 Å². The molecule has 1 saturated heterocycles. The van der Waals surface area contributed by atoms with Crippen LogP contribution in [0.4, 0.5) is 11.4 Å². The molecule has 0 spiro atoms. The van der Waals surface area contributed by atoms with E-state index in [0.29, 0.717) is 50.6 Å². The zero-order valence-electron chi connectivity index (χ0n) is 17.7. The number of methoxy groups -OCH3 is 1. The SMILES string of the molecule is COCCNc1ccc(C(=O)N2CCN(C(C)c3ccccc3Cl)CC2)cc1[N+](=O)[O-]. The second kappa shape index (κ2) is 10.6. The molecule has 1 N–H and O–H groups in total. The summed E-state index contributed by atoms with van der Waals surface area (Å²) in [6.07, 6.45) is 0.